The topological polar surface area (TPSA) is 50.7 Å². The maximum absolute atomic E-state index is 9.57. The predicted molar refractivity (Wildman–Crippen MR) is 65.6 cm³/mol. The van der Waals surface area contributed by atoms with Gasteiger partial charge < -0.3 is 19.9 Å². The molecule has 0 fully saturated rings. The standard InChI is InChI=1S/C12H27NO3/c1-5-15-6-7-16-9-11(14)8-13-10-12(2,3)4/h11,13-14H,5-10H2,1-4H3. The highest BCUT2D eigenvalue weighted by Crippen LogP contribution is 2.09. The highest BCUT2D eigenvalue weighted by Gasteiger charge is 2.10. The summed E-state index contributed by atoms with van der Waals surface area (Å²) in [7, 11) is 0. The smallest absolute Gasteiger partial charge is 0.0897 e. The molecule has 98 valence electrons. The summed E-state index contributed by atoms with van der Waals surface area (Å²) in [4.78, 5) is 0. The largest absolute Gasteiger partial charge is 0.389 e. The monoisotopic (exact) mass is 233 g/mol. The van der Waals surface area contributed by atoms with Gasteiger partial charge in [0.2, 0.25) is 0 Å². The Balaban J connectivity index is 3.28. The third-order valence-corrected chi connectivity index (χ3v) is 1.92. The molecule has 0 aromatic carbocycles. The fourth-order valence-corrected chi connectivity index (χ4v) is 1.15. The first kappa shape index (κ1) is 15.8. The van der Waals surface area contributed by atoms with Crippen molar-refractivity contribution in [2.45, 2.75) is 33.8 Å². The lowest BCUT2D eigenvalue weighted by atomic mass is 9.97. The number of hydrogen-bond acceptors (Lipinski definition) is 4. The molecule has 0 aliphatic carbocycles. The molecule has 0 radical (unpaired) electrons. The van der Waals surface area contributed by atoms with E-state index >= 15 is 0 Å². The third kappa shape index (κ3) is 11.9. The van der Waals surface area contributed by atoms with Gasteiger partial charge in [-0.3, -0.25) is 0 Å². The molecule has 1 atom stereocenters. The summed E-state index contributed by atoms with van der Waals surface area (Å²) in [6, 6.07) is 0. The maximum Gasteiger partial charge on any atom is 0.0897 e. The average molecular weight is 233 g/mol. The van der Waals surface area contributed by atoms with Crippen molar-refractivity contribution in [3.8, 4) is 0 Å². The summed E-state index contributed by atoms with van der Waals surface area (Å²) in [6.07, 6.45) is -0.441. The van der Waals surface area contributed by atoms with Gasteiger partial charge in [-0.1, -0.05) is 20.8 Å². The Morgan fingerprint density at radius 1 is 1.19 bits per heavy atom. The second-order valence-corrected chi connectivity index (χ2v) is 5.12. The summed E-state index contributed by atoms with van der Waals surface area (Å²) < 4.78 is 10.4. The van der Waals surface area contributed by atoms with Crippen LogP contribution < -0.4 is 5.32 Å². The van der Waals surface area contributed by atoms with Crippen molar-refractivity contribution >= 4 is 0 Å². The van der Waals surface area contributed by atoms with Crippen molar-refractivity contribution in [2.24, 2.45) is 5.41 Å². The minimum Gasteiger partial charge on any atom is -0.389 e. The molecular formula is C12H27NO3. The lowest BCUT2D eigenvalue weighted by Gasteiger charge is -2.20. The van der Waals surface area contributed by atoms with Crippen molar-refractivity contribution in [1.29, 1.82) is 0 Å². The summed E-state index contributed by atoms with van der Waals surface area (Å²) >= 11 is 0. The van der Waals surface area contributed by atoms with Crippen molar-refractivity contribution < 1.29 is 14.6 Å². The number of hydrogen-bond donors (Lipinski definition) is 2. The molecule has 0 saturated heterocycles. The summed E-state index contributed by atoms with van der Waals surface area (Å²) in [6.45, 7) is 12.1. The van der Waals surface area contributed by atoms with Crippen LogP contribution >= 0.6 is 0 Å². The van der Waals surface area contributed by atoms with Crippen molar-refractivity contribution in [3.63, 3.8) is 0 Å². The molecule has 0 aromatic rings. The first-order valence-electron chi connectivity index (χ1n) is 6.00. The Hall–Kier alpha value is -0.160. The van der Waals surface area contributed by atoms with Crippen LogP contribution in [0.25, 0.3) is 0 Å². The Morgan fingerprint density at radius 2 is 1.81 bits per heavy atom. The van der Waals surface area contributed by atoms with Gasteiger partial charge in [0, 0.05) is 19.7 Å². The van der Waals surface area contributed by atoms with Gasteiger partial charge in [-0.15, -0.1) is 0 Å². The highest BCUT2D eigenvalue weighted by atomic mass is 16.5. The Morgan fingerprint density at radius 3 is 2.38 bits per heavy atom. The zero-order chi connectivity index (χ0) is 12.4. The lowest BCUT2D eigenvalue weighted by Crippen LogP contribution is -2.35. The molecule has 4 heteroatoms. The van der Waals surface area contributed by atoms with E-state index in [0.29, 0.717) is 33.0 Å². The highest BCUT2D eigenvalue weighted by molar-refractivity contribution is 4.67. The average Bonchev–Trinajstić information content (AvgIpc) is 2.15. The lowest BCUT2D eigenvalue weighted by molar-refractivity contribution is 0.00605. The first-order chi connectivity index (χ1) is 7.45. The summed E-state index contributed by atoms with van der Waals surface area (Å²) in [5.41, 5.74) is 0.246. The van der Waals surface area contributed by atoms with E-state index < -0.39 is 6.10 Å². The zero-order valence-corrected chi connectivity index (χ0v) is 11.1. The van der Waals surface area contributed by atoms with Gasteiger partial charge in [0.05, 0.1) is 25.9 Å². The molecule has 0 aliphatic heterocycles. The maximum atomic E-state index is 9.57. The van der Waals surface area contributed by atoms with Crippen LogP contribution in [-0.2, 0) is 9.47 Å². The quantitative estimate of drug-likeness (QED) is 0.584. The molecule has 4 nitrogen and oxygen atoms in total. The van der Waals surface area contributed by atoms with Gasteiger partial charge in [-0.05, 0) is 12.3 Å². The van der Waals surface area contributed by atoms with E-state index in [0.717, 1.165) is 6.54 Å². The van der Waals surface area contributed by atoms with E-state index in [1.165, 1.54) is 0 Å². The van der Waals surface area contributed by atoms with E-state index in [4.69, 9.17) is 9.47 Å². The molecule has 0 amide bonds. The van der Waals surface area contributed by atoms with Gasteiger partial charge in [0.1, 0.15) is 0 Å². The van der Waals surface area contributed by atoms with Crippen LogP contribution in [0.15, 0.2) is 0 Å². The third-order valence-electron chi connectivity index (χ3n) is 1.92. The van der Waals surface area contributed by atoms with Crippen LogP contribution in [0, 0.1) is 5.41 Å². The molecule has 0 aromatic heterocycles. The summed E-state index contributed by atoms with van der Waals surface area (Å²) in [5.74, 6) is 0. The fourth-order valence-electron chi connectivity index (χ4n) is 1.15. The molecule has 0 bridgehead atoms. The van der Waals surface area contributed by atoms with Gasteiger partial charge in [-0.2, -0.15) is 0 Å². The molecule has 2 N–H and O–H groups in total. The zero-order valence-electron chi connectivity index (χ0n) is 11.1. The molecule has 0 rings (SSSR count). The number of ether oxygens (including phenoxy) is 2. The van der Waals surface area contributed by atoms with Crippen molar-refractivity contribution in [1.82, 2.24) is 5.32 Å². The Labute approximate surface area is 99.3 Å². The van der Waals surface area contributed by atoms with E-state index in [2.05, 4.69) is 26.1 Å². The number of aliphatic hydroxyl groups is 1. The molecular weight excluding hydrogens is 206 g/mol. The molecule has 1 unspecified atom stereocenters. The molecule has 16 heavy (non-hydrogen) atoms. The van der Waals surface area contributed by atoms with Crippen LogP contribution in [0.5, 0.6) is 0 Å². The normalized spacial score (nSPS) is 14.1. The van der Waals surface area contributed by atoms with Crippen LogP contribution in [0.4, 0.5) is 0 Å². The van der Waals surface area contributed by atoms with Gasteiger partial charge >= 0.3 is 0 Å². The number of aliphatic hydroxyl groups excluding tert-OH is 1. The molecule has 0 heterocycles. The minimum atomic E-state index is -0.441. The van der Waals surface area contributed by atoms with Crippen LogP contribution in [0.1, 0.15) is 27.7 Å². The van der Waals surface area contributed by atoms with E-state index in [1.807, 2.05) is 6.92 Å². The van der Waals surface area contributed by atoms with Gasteiger partial charge in [0.15, 0.2) is 0 Å². The van der Waals surface area contributed by atoms with Crippen LogP contribution in [0.3, 0.4) is 0 Å². The SMILES string of the molecule is CCOCCOCC(O)CNCC(C)(C)C. The molecule has 0 aliphatic rings. The second kappa shape index (κ2) is 8.93. The predicted octanol–water partition coefficient (Wildman–Crippen LogP) is 1.04. The van der Waals surface area contributed by atoms with Crippen molar-refractivity contribution in [3.05, 3.63) is 0 Å². The Kier molecular flexibility index (Phi) is 8.84. The Bertz CT molecular complexity index is 157. The van der Waals surface area contributed by atoms with Crippen LogP contribution in [0.2, 0.25) is 0 Å². The van der Waals surface area contributed by atoms with Crippen molar-refractivity contribution in [2.75, 3.05) is 39.5 Å². The fraction of sp³-hybridized carbons (Fsp3) is 1.00. The summed E-state index contributed by atoms with van der Waals surface area (Å²) in [5, 5.41) is 12.8. The molecule has 0 spiro atoms. The molecule has 0 saturated carbocycles. The number of nitrogens with one attached hydrogen (secondary N) is 1. The minimum absolute atomic E-state index is 0.246. The van der Waals surface area contributed by atoms with E-state index in [-0.39, 0.29) is 5.41 Å². The van der Waals surface area contributed by atoms with E-state index in [1.54, 1.807) is 0 Å². The number of rotatable bonds is 9. The van der Waals surface area contributed by atoms with Gasteiger partial charge in [0.25, 0.3) is 0 Å². The first-order valence-corrected chi connectivity index (χ1v) is 6.00. The van der Waals surface area contributed by atoms with E-state index in [9.17, 15) is 5.11 Å². The van der Waals surface area contributed by atoms with Gasteiger partial charge in [-0.25, -0.2) is 0 Å². The second-order valence-electron chi connectivity index (χ2n) is 5.12. The van der Waals surface area contributed by atoms with Crippen LogP contribution in [-0.4, -0.2) is 50.7 Å².